The summed E-state index contributed by atoms with van der Waals surface area (Å²) in [5.41, 5.74) is 1.60. The van der Waals surface area contributed by atoms with Crippen molar-refractivity contribution in [2.75, 3.05) is 0 Å². The Bertz CT molecular complexity index is 450. The highest BCUT2D eigenvalue weighted by Gasteiger charge is 2.50. The minimum atomic E-state index is -0.130. The molecule has 0 aromatic carbocycles. The van der Waals surface area contributed by atoms with Crippen molar-refractivity contribution in [3.8, 4) is 6.07 Å². The van der Waals surface area contributed by atoms with Crippen LogP contribution in [0.15, 0.2) is 11.3 Å². The zero-order chi connectivity index (χ0) is 14.2. The first-order valence-corrected chi connectivity index (χ1v) is 8.08. The molecule has 4 unspecified atom stereocenters. The van der Waals surface area contributed by atoms with Crippen LogP contribution >= 0.6 is 0 Å². The molecule has 1 aliphatic heterocycles. The van der Waals surface area contributed by atoms with Gasteiger partial charge in [0.25, 0.3) is 0 Å². The molecular formula is C17H25NO2. The Labute approximate surface area is 121 Å². The first-order valence-electron chi connectivity index (χ1n) is 8.08. The second kappa shape index (κ2) is 5.41. The minimum absolute atomic E-state index is 0.0931. The van der Waals surface area contributed by atoms with Gasteiger partial charge in [0.1, 0.15) is 0 Å². The van der Waals surface area contributed by atoms with E-state index in [1.165, 1.54) is 11.3 Å². The van der Waals surface area contributed by atoms with Crippen LogP contribution in [0.2, 0.25) is 0 Å². The van der Waals surface area contributed by atoms with Crippen LogP contribution in [-0.2, 0) is 4.74 Å². The molecule has 4 atom stereocenters. The number of hydrogen-bond acceptors (Lipinski definition) is 3. The maximum absolute atomic E-state index is 10.3. The lowest BCUT2D eigenvalue weighted by Crippen LogP contribution is -2.38. The molecule has 0 radical (unpaired) electrons. The summed E-state index contributed by atoms with van der Waals surface area (Å²) in [6, 6.07) is 2.21. The summed E-state index contributed by atoms with van der Waals surface area (Å²) in [5, 5.41) is 18.9. The molecule has 0 bridgehead atoms. The van der Waals surface area contributed by atoms with Gasteiger partial charge in [-0.1, -0.05) is 6.92 Å². The summed E-state index contributed by atoms with van der Waals surface area (Å²) in [6.45, 7) is 2.26. The van der Waals surface area contributed by atoms with Crippen molar-refractivity contribution in [3.63, 3.8) is 0 Å². The molecule has 20 heavy (non-hydrogen) atoms. The van der Waals surface area contributed by atoms with Crippen LogP contribution in [0.1, 0.15) is 64.7 Å². The van der Waals surface area contributed by atoms with Gasteiger partial charge in [-0.05, 0) is 56.4 Å². The SMILES string of the molecule is CC12CCC3=C(CCC(CCCC#N)O3)C1CCC2O. The second-order valence-electron chi connectivity index (χ2n) is 6.93. The van der Waals surface area contributed by atoms with Crippen molar-refractivity contribution >= 4 is 0 Å². The molecule has 110 valence electrons. The lowest BCUT2D eigenvalue weighted by molar-refractivity contribution is 0.00451. The fourth-order valence-corrected chi connectivity index (χ4v) is 4.50. The highest BCUT2D eigenvalue weighted by atomic mass is 16.5. The van der Waals surface area contributed by atoms with Crippen molar-refractivity contribution < 1.29 is 9.84 Å². The molecule has 3 rings (SSSR count). The van der Waals surface area contributed by atoms with Crippen LogP contribution in [0.4, 0.5) is 0 Å². The van der Waals surface area contributed by atoms with E-state index in [4.69, 9.17) is 10.00 Å². The zero-order valence-corrected chi connectivity index (χ0v) is 12.4. The first kappa shape index (κ1) is 13.9. The van der Waals surface area contributed by atoms with Crippen molar-refractivity contribution in [3.05, 3.63) is 11.3 Å². The van der Waals surface area contributed by atoms with E-state index in [1.54, 1.807) is 0 Å². The number of rotatable bonds is 3. The van der Waals surface area contributed by atoms with Crippen molar-refractivity contribution in [2.45, 2.75) is 76.9 Å². The molecule has 0 aromatic heterocycles. The van der Waals surface area contributed by atoms with Crippen molar-refractivity contribution in [1.29, 1.82) is 5.26 Å². The highest BCUT2D eigenvalue weighted by Crippen LogP contribution is 2.56. The molecule has 1 N–H and O–H groups in total. The van der Waals surface area contributed by atoms with Gasteiger partial charge in [-0.15, -0.1) is 0 Å². The number of allylic oxidation sites excluding steroid dienone is 2. The average Bonchev–Trinajstić information content (AvgIpc) is 2.75. The molecule has 0 aromatic rings. The van der Waals surface area contributed by atoms with Gasteiger partial charge in [0.2, 0.25) is 0 Å². The van der Waals surface area contributed by atoms with E-state index in [1.807, 2.05) is 0 Å². The van der Waals surface area contributed by atoms with E-state index in [2.05, 4.69) is 13.0 Å². The number of fused-ring (bicyclic) bond motifs is 2. The summed E-state index contributed by atoms with van der Waals surface area (Å²) in [4.78, 5) is 0. The Morgan fingerprint density at radius 2 is 2.20 bits per heavy atom. The molecule has 2 aliphatic carbocycles. The number of unbranched alkanes of at least 4 members (excludes halogenated alkanes) is 1. The number of aliphatic hydroxyl groups is 1. The number of nitrogens with zero attached hydrogens (tertiary/aromatic N) is 1. The molecule has 0 amide bonds. The molecule has 3 aliphatic rings. The Balaban J connectivity index is 1.69. The average molecular weight is 275 g/mol. The first-order chi connectivity index (χ1) is 9.65. The molecule has 3 heteroatoms. The van der Waals surface area contributed by atoms with Crippen LogP contribution < -0.4 is 0 Å². The quantitative estimate of drug-likeness (QED) is 0.799. The third kappa shape index (κ3) is 2.24. The van der Waals surface area contributed by atoms with Crippen LogP contribution in [-0.4, -0.2) is 17.3 Å². The van der Waals surface area contributed by atoms with Gasteiger partial charge in [-0.2, -0.15) is 5.26 Å². The number of hydrogen-bond donors (Lipinski definition) is 1. The monoisotopic (exact) mass is 275 g/mol. The predicted molar refractivity (Wildman–Crippen MR) is 76.7 cm³/mol. The molecule has 0 spiro atoms. The van der Waals surface area contributed by atoms with E-state index in [0.717, 1.165) is 51.4 Å². The van der Waals surface area contributed by atoms with Gasteiger partial charge < -0.3 is 9.84 Å². The van der Waals surface area contributed by atoms with Crippen LogP contribution in [0, 0.1) is 22.7 Å². The topological polar surface area (TPSA) is 53.2 Å². The third-order valence-corrected chi connectivity index (χ3v) is 5.81. The smallest absolute Gasteiger partial charge is 0.0985 e. The maximum Gasteiger partial charge on any atom is 0.0985 e. The minimum Gasteiger partial charge on any atom is -0.495 e. The van der Waals surface area contributed by atoms with E-state index < -0.39 is 0 Å². The Hall–Kier alpha value is -1.01. The van der Waals surface area contributed by atoms with Crippen molar-refractivity contribution in [1.82, 2.24) is 0 Å². The van der Waals surface area contributed by atoms with Gasteiger partial charge in [-0.25, -0.2) is 0 Å². The Kier molecular flexibility index (Phi) is 3.77. The zero-order valence-electron chi connectivity index (χ0n) is 12.4. The van der Waals surface area contributed by atoms with Gasteiger partial charge in [-0.3, -0.25) is 0 Å². The standard InChI is InChI=1S/C17H25NO2/c1-17-10-9-15-13(14(17)7-8-16(17)19)6-5-12(20-15)4-2-3-11-18/h12,14,16,19H,2-10H2,1H3. The van der Waals surface area contributed by atoms with Gasteiger partial charge in [0.05, 0.1) is 24.0 Å². The highest BCUT2D eigenvalue weighted by molar-refractivity contribution is 5.25. The van der Waals surface area contributed by atoms with E-state index in [0.29, 0.717) is 18.4 Å². The van der Waals surface area contributed by atoms with E-state index >= 15 is 0 Å². The summed E-state index contributed by atoms with van der Waals surface area (Å²) in [5.74, 6) is 1.77. The summed E-state index contributed by atoms with van der Waals surface area (Å²) >= 11 is 0. The summed E-state index contributed by atoms with van der Waals surface area (Å²) in [6.07, 6.45) is 9.13. The molecule has 1 fully saturated rings. The van der Waals surface area contributed by atoms with Crippen LogP contribution in [0.25, 0.3) is 0 Å². The molecule has 1 heterocycles. The Morgan fingerprint density at radius 3 is 3.00 bits per heavy atom. The fourth-order valence-electron chi connectivity index (χ4n) is 4.50. The summed E-state index contributed by atoms with van der Waals surface area (Å²) in [7, 11) is 0. The second-order valence-corrected chi connectivity index (χ2v) is 6.93. The number of aliphatic hydroxyl groups excluding tert-OH is 1. The normalized spacial score (nSPS) is 39.8. The predicted octanol–water partition coefficient (Wildman–Crippen LogP) is 3.68. The van der Waals surface area contributed by atoms with E-state index in [9.17, 15) is 5.11 Å². The maximum atomic E-state index is 10.3. The van der Waals surface area contributed by atoms with Crippen LogP contribution in [0.3, 0.4) is 0 Å². The van der Waals surface area contributed by atoms with Gasteiger partial charge >= 0.3 is 0 Å². The lowest BCUT2D eigenvalue weighted by atomic mass is 9.66. The molecule has 3 nitrogen and oxygen atoms in total. The van der Waals surface area contributed by atoms with Gasteiger partial charge in [0.15, 0.2) is 0 Å². The van der Waals surface area contributed by atoms with Crippen LogP contribution in [0.5, 0.6) is 0 Å². The largest absolute Gasteiger partial charge is 0.495 e. The summed E-state index contributed by atoms with van der Waals surface area (Å²) < 4.78 is 6.21. The number of nitriles is 1. The Morgan fingerprint density at radius 1 is 1.35 bits per heavy atom. The molecule has 0 saturated heterocycles. The fraction of sp³-hybridized carbons (Fsp3) is 0.824. The van der Waals surface area contributed by atoms with Gasteiger partial charge in [0, 0.05) is 18.3 Å². The third-order valence-electron chi connectivity index (χ3n) is 5.81. The lowest BCUT2D eigenvalue weighted by Gasteiger charge is -2.44. The van der Waals surface area contributed by atoms with Crippen molar-refractivity contribution in [2.24, 2.45) is 11.3 Å². The van der Waals surface area contributed by atoms with E-state index in [-0.39, 0.29) is 11.5 Å². The number of ether oxygens (including phenoxy) is 1. The molecule has 1 saturated carbocycles. The molecular weight excluding hydrogens is 250 g/mol.